The van der Waals surface area contributed by atoms with Gasteiger partial charge in [-0.25, -0.2) is 8.42 Å². The van der Waals surface area contributed by atoms with E-state index in [9.17, 15) is 13.2 Å². The SMILES string of the molecule is CCCN(C(=O)C(C)S(C)(=O)=O)C1CNC1. The molecule has 1 N–H and O–H groups in total. The van der Waals surface area contributed by atoms with Crippen molar-refractivity contribution in [3.05, 3.63) is 0 Å². The first-order valence-electron chi connectivity index (χ1n) is 5.58. The highest BCUT2D eigenvalue weighted by Gasteiger charge is 2.34. The number of hydrogen-bond acceptors (Lipinski definition) is 4. The van der Waals surface area contributed by atoms with E-state index in [1.807, 2.05) is 6.92 Å². The van der Waals surface area contributed by atoms with Crippen molar-refractivity contribution in [3.63, 3.8) is 0 Å². The lowest BCUT2D eigenvalue weighted by Crippen LogP contribution is -2.60. The molecule has 1 saturated heterocycles. The summed E-state index contributed by atoms with van der Waals surface area (Å²) in [6.45, 7) is 5.61. The minimum Gasteiger partial charge on any atom is -0.336 e. The molecule has 0 aliphatic carbocycles. The minimum atomic E-state index is -3.29. The number of rotatable bonds is 5. The van der Waals surface area contributed by atoms with Crippen molar-refractivity contribution >= 4 is 15.7 Å². The van der Waals surface area contributed by atoms with Crippen LogP contribution in [0.5, 0.6) is 0 Å². The number of nitrogens with one attached hydrogen (secondary N) is 1. The Morgan fingerprint density at radius 2 is 2.06 bits per heavy atom. The van der Waals surface area contributed by atoms with Gasteiger partial charge in [-0.3, -0.25) is 4.79 Å². The van der Waals surface area contributed by atoms with Crippen molar-refractivity contribution in [3.8, 4) is 0 Å². The second-order valence-corrected chi connectivity index (χ2v) is 6.68. The molecule has 1 unspecified atom stereocenters. The second-order valence-electron chi connectivity index (χ2n) is 4.32. The molecule has 0 radical (unpaired) electrons. The van der Waals surface area contributed by atoms with Gasteiger partial charge >= 0.3 is 0 Å². The topological polar surface area (TPSA) is 66.5 Å². The first kappa shape index (κ1) is 13.4. The summed E-state index contributed by atoms with van der Waals surface area (Å²) in [7, 11) is -3.29. The zero-order valence-corrected chi connectivity index (χ0v) is 10.9. The fourth-order valence-corrected chi connectivity index (χ4v) is 2.13. The Morgan fingerprint density at radius 1 is 1.50 bits per heavy atom. The Labute approximate surface area is 97.1 Å². The predicted molar refractivity (Wildman–Crippen MR) is 63.0 cm³/mol. The molecule has 6 heteroatoms. The van der Waals surface area contributed by atoms with Crippen LogP contribution >= 0.6 is 0 Å². The molecule has 0 bridgehead atoms. The minimum absolute atomic E-state index is 0.164. The van der Waals surface area contributed by atoms with Crippen LogP contribution in [-0.4, -0.2) is 56.4 Å². The summed E-state index contributed by atoms with van der Waals surface area (Å²) in [5.74, 6) is -0.268. The first-order chi connectivity index (χ1) is 7.38. The van der Waals surface area contributed by atoms with Gasteiger partial charge in [0.15, 0.2) is 9.84 Å². The summed E-state index contributed by atoms with van der Waals surface area (Å²) in [4.78, 5) is 13.7. The van der Waals surface area contributed by atoms with Crippen molar-refractivity contribution in [1.29, 1.82) is 0 Å². The molecule has 94 valence electrons. The molecule has 0 aromatic carbocycles. The van der Waals surface area contributed by atoms with Crippen molar-refractivity contribution in [2.45, 2.75) is 31.6 Å². The number of nitrogens with zero attached hydrogens (tertiary/aromatic N) is 1. The van der Waals surface area contributed by atoms with Gasteiger partial charge in [0.2, 0.25) is 5.91 Å². The fraction of sp³-hybridized carbons (Fsp3) is 0.900. The van der Waals surface area contributed by atoms with Gasteiger partial charge in [0.05, 0.1) is 6.04 Å². The van der Waals surface area contributed by atoms with Crippen LogP contribution in [0.25, 0.3) is 0 Å². The van der Waals surface area contributed by atoms with E-state index >= 15 is 0 Å². The van der Waals surface area contributed by atoms with Gasteiger partial charge in [-0.2, -0.15) is 0 Å². The zero-order chi connectivity index (χ0) is 12.3. The smallest absolute Gasteiger partial charge is 0.240 e. The summed E-state index contributed by atoms with van der Waals surface area (Å²) in [6, 6.07) is 0.164. The van der Waals surface area contributed by atoms with Gasteiger partial charge < -0.3 is 10.2 Å². The molecule has 1 aliphatic heterocycles. The van der Waals surface area contributed by atoms with Crippen LogP contribution in [-0.2, 0) is 14.6 Å². The third-order valence-electron chi connectivity index (χ3n) is 2.94. The van der Waals surface area contributed by atoms with Crippen molar-refractivity contribution < 1.29 is 13.2 Å². The highest BCUT2D eigenvalue weighted by atomic mass is 32.2. The molecular formula is C10H20N2O3S. The van der Waals surface area contributed by atoms with E-state index in [1.54, 1.807) is 4.90 Å². The lowest BCUT2D eigenvalue weighted by molar-refractivity contribution is -0.133. The summed E-state index contributed by atoms with van der Waals surface area (Å²) in [5.41, 5.74) is 0. The highest BCUT2D eigenvalue weighted by Crippen LogP contribution is 2.11. The Hall–Kier alpha value is -0.620. The van der Waals surface area contributed by atoms with Crippen LogP contribution in [0, 0.1) is 0 Å². The van der Waals surface area contributed by atoms with E-state index in [1.165, 1.54) is 6.92 Å². The van der Waals surface area contributed by atoms with Crippen LogP contribution in [0.3, 0.4) is 0 Å². The van der Waals surface area contributed by atoms with Crippen LogP contribution in [0.1, 0.15) is 20.3 Å². The van der Waals surface area contributed by atoms with Gasteiger partial charge in [-0.15, -0.1) is 0 Å². The quantitative estimate of drug-likeness (QED) is 0.721. The fourth-order valence-electron chi connectivity index (χ4n) is 1.62. The first-order valence-corrected chi connectivity index (χ1v) is 7.53. The predicted octanol–water partition coefficient (Wildman–Crippen LogP) is -0.370. The Morgan fingerprint density at radius 3 is 2.38 bits per heavy atom. The van der Waals surface area contributed by atoms with Gasteiger partial charge in [-0.1, -0.05) is 6.92 Å². The summed E-state index contributed by atoms with van der Waals surface area (Å²) in [6.07, 6.45) is 1.96. The van der Waals surface area contributed by atoms with Gasteiger partial charge in [0.1, 0.15) is 5.25 Å². The lowest BCUT2D eigenvalue weighted by Gasteiger charge is -2.39. The molecule has 1 amide bonds. The van der Waals surface area contributed by atoms with Gasteiger partial charge in [0.25, 0.3) is 0 Å². The maximum absolute atomic E-state index is 12.0. The Balaban J connectivity index is 2.74. The molecule has 0 saturated carbocycles. The molecule has 1 fully saturated rings. The summed E-state index contributed by atoms with van der Waals surface area (Å²) < 4.78 is 22.7. The third-order valence-corrected chi connectivity index (χ3v) is 4.42. The molecule has 1 aliphatic rings. The van der Waals surface area contributed by atoms with E-state index in [2.05, 4.69) is 5.32 Å². The van der Waals surface area contributed by atoms with Gasteiger partial charge in [-0.05, 0) is 13.3 Å². The maximum Gasteiger partial charge on any atom is 0.240 e. The average Bonchev–Trinajstić information content (AvgIpc) is 2.10. The number of carbonyl (C=O) groups excluding carboxylic acids is 1. The Bertz CT molecular complexity index is 349. The molecule has 0 aromatic heterocycles. The molecule has 0 spiro atoms. The number of sulfone groups is 1. The van der Waals surface area contributed by atoms with E-state index in [-0.39, 0.29) is 11.9 Å². The van der Waals surface area contributed by atoms with E-state index < -0.39 is 15.1 Å². The number of amides is 1. The van der Waals surface area contributed by atoms with E-state index in [0.717, 1.165) is 25.8 Å². The van der Waals surface area contributed by atoms with E-state index in [4.69, 9.17) is 0 Å². The van der Waals surface area contributed by atoms with Crippen molar-refractivity contribution in [2.75, 3.05) is 25.9 Å². The molecule has 1 atom stereocenters. The van der Waals surface area contributed by atoms with Crippen LogP contribution in [0.15, 0.2) is 0 Å². The van der Waals surface area contributed by atoms with Gasteiger partial charge in [0, 0.05) is 25.9 Å². The largest absolute Gasteiger partial charge is 0.336 e. The average molecular weight is 248 g/mol. The van der Waals surface area contributed by atoms with Crippen LogP contribution in [0.4, 0.5) is 0 Å². The normalized spacial score (nSPS) is 18.9. The lowest BCUT2D eigenvalue weighted by atomic mass is 10.1. The molecule has 1 heterocycles. The van der Waals surface area contributed by atoms with Crippen LogP contribution in [0.2, 0.25) is 0 Å². The molecule has 16 heavy (non-hydrogen) atoms. The molecule has 5 nitrogen and oxygen atoms in total. The molecular weight excluding hydrogens is 228 g/mol. The standard InChI is InChI=1S/C10H20N2O3S/c1-4-5-12(9-6-11-7-9)10(13)8(2)16(3,14)15/h8-9,11H,4-7H2,1-3H3. The summed E-state index contributed by atoms with van der Waals surface area (Å²) >= 11 is 0. The summed E-state index contributed by atoms with van der Waals surface area (Å²) in [5, 5.41) is 2.16. The monoisotopic (exact) mass is 248 g/mol. The molecule has 0 aromatic rings. The Kier molecular flexibility index (Phi) is 4.32. The van der Waals surface area contributed by atoms with Crippen LogP contribution < -0.4 is 5.32 Å². The molecule has 1 rings (SSSR count). The van der Waals surface area contributed by atoms with Crippen molar-refractivity contribution in [2.24, 2.45) is 0 Å². The highest BCUT2D eigenvalue weighted by molar-refractivity contribution is 7.92. The van der Waals surface area contributed by atoms with Crippen molar-refractivity contribution in [1.82, 2.24) is 10.2 Å². The maximum atomic E-state index is 12.0. The zero-order valence-electron chi connectivity index (χ0n) is 10.1. The second kappa shape index (κ2) is 5.14. The number of carbonyl (C=O) groups is 1. The third kappa shape index (κ3) is 2.95. The van der Waals surface area contributed by atoms with E-state index in [0.29, 0.717) is 6.54 Å². The number of hydrogen-bond donors (Lipinski definition) is 1.